The second-order valence-corrected chi connectivity index (χ2v) is 1.93. The number of rotatable bonds is 3. The minimum absolute atomic E-state index is 0.104. The fraction of sp³-hybridized carbons (Fsp3) is 0.600. The van der Waals surface area contributed by atoms with Crippen molar-refractivity contribution in [2.75, 3.05) is 14.1 Å². The molecule has 0 fully saturated rings. The molecule has 54 valence electrons. The molecule has 0 aliphatic rings. The van der Waals surface area contributed by atoms with E-state index < -0.39 is 6.17 Å². The Kier molecular flexibility index (Phi) is 3.41. The Morgan fingerprint density at radius 3 is 1.89 bits per heavy atom. The van der Waals surface area contributed by atoms with Crippen LogP contribution in [-0.2, 0) is 0 Å². The Morgan fingerprint density at radius 2 is 1.89 bits per heavy atom. The molecule has 0 aromatic carbocycles. The summed E-state index contributed by atoms with van der Waals surface area (Å²) in [7, 11) is 3.43. The zero-order valence-corrected chi connectivity index (χ0v) is 5.65. The first kappa shape index (κ1) is 8.58. The number of hydrogen-bond acceptors (Lipinski definition) is 4. The summed E-state index contributed by atoms with van der Waals surface area (Å²) in [6.07, 6.45) is 0.880. The Morgan fingerprint density at radius 1 is 1.44 bits per heavy atom. The summed E-state index contributed by atoms with van der Waals surface area (Å²) in [5, 5.41) is 17.0. The van der Waals surface area contributed by atoms with Crippen LogP contribution in [0.1, 0.15) is 0 Å². The van der Waals surface area contributed by atoms with Crippen LogP contribution in [0.15, 0.2) is 12.7 Å². The van der Waals surface area contributed by atoms with Crippen molar-refractivity contribution in [3.05, 3.63) is 12.7 Å². The summed E-state index contributed by atoms with van der Waals surface area (Å²) in [6, 6.07) is 0. The van der Waals surface area contributed by atoms with Crippen molar-refractivity contribution in [3.63, 3.8) is 0 Å². The van der Waals surface area contributed by atoms with E-state index in [1.807, 2.05) is 0 Å². The zero-order valence-electron chi connectivity index (χ0n) is 5.65. The maximum atomic E-state index is 8.46. The van der Waals surface area contributed by atoms with Gasteiger partial charge in [0.05, 0.1) is 0 Å². The lowest BCUT2D eigenvalue weighted by molar-refractivity contribution is -0.341. The molecule has 0 heterocycles. The van der Waals surface area contributed by atoms with Gasteiger partial charge < -0.3 is 0 Å². The van der Waals surface area contributed by atoms with Gasteiger partial charge in [0, 0.05) is 0 Å². The number of hydroxylamine groups is 2. The van der Waals surface area contributed by atoms with Gasteiger partial charge >= 0.3 is 0 Å². The molecule has 0 aromatic heterocycles. The van der Waals surface area contributed by atoms with Gasteiger partial charge in [-0.05, 0) is 19.3 Å². The summed E-state index contributed by atoms with van der Waals surface area (Å²) < 4.78 is 0. The first-order valence-electron chi connectivity index (χ1n) is 2.55. The number of likely N-dealkylation sites (N-methyl/N-ethyl adjacent to an activating group) is 1. The molecule has 0 aromatic rings. The smallest absolute Gasteiger partial charge is 0.132 e. The Hall–Kier alpha value is -0.420. The van der Waals surface area contributed by atoms with Crippen LogP contribution in [0.3, 0.4) is 0 Å². The lowest BCUT2D eigenvalue weighted by Crippen LogP contribution is -2.39. The molecule has 0 spiro atoms. The summed E-state index contributed by atoms with van der Waals surface area (Å²) >= 11 is 0. The van der Waals surface area contributed by atoms with Gasteiger partial charge in [0.2, 0.25) is 0 Å². The van der Waals surface area contributed by atoms with Gasteiger partial charge in [0.1, 0.15) is 6.17 Å². The molecule has 9 heavy (non-hydrogen) atoms. The molecule has 1 unspecified atom stereocenters. The van der Waals surface area contributed by atoms with Crippen LogP contribution < -0.4 is 0 Å². The summed E-state index contributed by atoms with van der Waals surface area (Å²) in [5.41, 5.74) is 0. The fourth-order valence-corrected chi connectivity index (χ4v) is 0.512. The van der Waals surface area contributed by atoms with Crippen LogP contribution in [0.4, 0.5) is 0 Å². The van der Waals surface area contributed by atoms with E-state index in [4.69, 9.17) is 10.4 Å². The molecule has 0 rings (SSSR count). The highest BCUT2D eigenvalue weighted by atomic mass is 16.8. The van der Waals surface area contributed by atoms with E-state index in [2.05, 4.69) is 6.58 Å². The largest absolute Gasteiger partial charge is 0.288 e. The quantitative estimate of drug-likeness (QED) is 0.326. The van der Waals surface area contributed by atoms with Crippen molar-refractivity contribution in [3.8, 4) is 0 Å². The SMILES string of the molecule is C=CC(N(C)C)N(O)O. The van der Waals surface area contributed by atoms with Crippen molar-refractivity contribution >= 4 is 0 Å². The van der Waals surface area contributed by atoms with E-state index in [-0.39, 0.29) is 5.23 Å². The molecule has 4 nitrogen and oxygen atoms in total. The topological polar surface area (TPSA) is 46.9 Å². The maximum Gasteiger partial charge on any atom is 0.132 e. The predicted octanol–water partition coefficient (Wildman–Crippen LogP) is 0.140. The highest BCUT2D eigenvalue weighted by Crippen LogP contribution is 1.95. The standard InChI is InChI=1S/C5H12N2O2/c1-4-5(6(2)3)7(8)9/h4-5,8-9H,1H2,2-3H3. The number of nitrogens with zero attached hydrogens (tertiary/aromatic N) is 2. The Balaban J connectivity index is 3.82. The Bertz CT molecular complexity index is 85.0. The third-order valence-electron chi connectivity index (χ3n) is 0.977. The monoisotopic (exact) mass is 132 g/mol. The second-order valence-electron chi connectivity index (χ2n) is 1.93. The third-order valence-corrected chi connectivity index (χ3v) is 0.977. The molecule has 0 aliphatic carbocycles. The molecular weight excluding hydrogens is 120 g/mol. The first-order chi connectivity index (χ1) is 4.09. The van der Waals surface area contributed by atoms with Crippen LogP contribution >= 0.6 is 0 Å². The zero-order chi connectivity index (χ0) is 7.44. The lowest BCUT2D eigenvalue weighted by atomic mass is 10.5. The van der Waals surface area contributed by atoms with Crippen molar-refractivity contribution in [1.82, 2.24) is 10.1 Å². The molecular formula is C5H12N2O2. The average Bonchev–Trinajstić information content (AvgIpc) is 1.64. The van der Waals surface area contributed by atoms with Crippen LogP contribution in [0.25, 0.3) is 0 Å². The van der Waals surface area contributed by atoms with Crippen LogP contribution in [0, 0.1) is 0 Å². The molecule has 4 heteroatoms. The minimum atomic E-state index is -0.537. The van der Waals surface area contributed by atoms with Crippen LogP contribution in [-0.4, -0.2) is 40.8 Å². The molecule has 0 amide bonds. The third kappa shape index (κ3) is 2.57. The van der Waals surface area contributed by atoms with E-state index >= 15 is 0 Å². The van der Waals surface area contributed by atoms with E-state index in [9.17, 15) is 0 Å². The van der Waals surface area contributed by atoms with Crippen LogP contribution in [0.5, 0.6) is 0 Å². The number of hydrogen-bond donors (Lipinski definition) is 2. The summed E-state index contributed by atoms with van der Waals surface area (Å²) in [4.78, 5) is 1.60. The molecule has 0 saturated carbocycles. The van der Waals surface area contributed by atoms with Gasteiger partial charge in [0.25, 0.3) is 0 Å². The summed E-state index contributed by atoms with van der Waals surface area (Å²) in [6.45, 7) is 3.40. The van der Waals surface area contributed by atoms with Gasteiger partial charge in [-0.3, -0.25) is 15.3 Å². The average molecular weight is 132 g/mol. The molecule has 0 bridgehead atoms. The predicted molar refractivity (Wildman–Crippen MR) is 33.1 cm³/mol. The normalized spacial score (nSPS) is 14.4. The maximum absolute atomic E-state index is 8.46. The van der Waals surface area contributed by atoms with Crippen molar-refractivity contribution < 1.29 is 10.4 Å². The molecule has 0 radical (unpaired) electrons. The molecule has 0 aliphatic heterocycles. The lowest BCUT2D eigenvalue weighted by Gasteiger charge is -2.22. The van der Waals surface area contributed by atoms with E-state index in [0.717, 1.165) is 0 Å². The van der Waals surface area contributed by atoms with Crippen molar-refractivity contribution in [1.29, 1.82) is 0 Å². The second kappa shape index (κ2) is 3.58. The molecule has 2 N–H and O–H groups in total. The van der Waals surface area contributed by atoms with Gasteiger partial charge in [-0.25, -0.2) is 0 Å². The van der Waals surface area contributed by atoms with Gasteiger partial charge in [-0.1, -0.05) is 6.08 Å². The van der Waals surface area contributed by atoms with Crippen molar-refractivity contribution in [2.24, 2.45) is 0 Å². The van der Waals surface area contributed by atoms with E-state index in [0.29, 0.717) is 0 Å². The van der Waals surface area contributed by atoms with Gasteiger partial charge in [-0.15, -0.1) is 6.58 Å². The van der Waals surface area contributed by atoms with Gasteiger partial charge in [-0.2, -0.15) is 0 Å². The highest BCUT2D eigenvalue weighted by Gasteiger charge is 2.11. The molecule has 1 atom stereocenters. The highest BCUT2D eigenvalue weighted by molar-refractivity contribution is 4.79. The van der Waals surface area contributed by atoms with Gasteiger partial charge in [0.15, 0.2) is 0 Å². The first-order valence-corrected chi connectivity index (χ1v) is 2.55. The minimum Gasteiger partial charge on any atom is -0.288 e. The van der Waals surface area contributed by atoms with E-state index in [1.54, 1.807) is 19.0 Å². The Labute approximate surface area is 54.5 Å². The summed E-state index contributed by atoms with van der Waals surface area (Å²) in [5.74, 6) is 0. The molecule has 0 saturated heterocycles. The fourth-order valence-electron chi connectivity index (χ4n) is 0.512. The van der Waals surface area contributed by atoms with E-state index in [1.165, 1.54) is 6.08 Å². The van der Waals surface area contributed by atoms with Crippen LogP contribution in [0.2, 0.25) is 0 Å². The van der Waals surface area contributed by atoms with Crippen molar-refractivity contribution in [2.45, 2.75) is 6.17 Å².